The van der Waals surface area contributed by atoms with E-state index in [2.05, 4.69) is 5.32 Å². The summed E-state index contributed by atoms with van der Waals surface area (Å²) in [6, 6.07) is 4.75. The quantitative estimate of drug-likeness (QED) is 0.742. The molecule has 0 aliphatic carbocycles. The minimum Gasteiger partial charge on any atom is -0.490 e. The van der Waals surface area contributed by atoms with Gasteiger partial charge in [0.15, 0.2) is 18.1 Å². The summed E-state index contributed by atoms with van der Waals surface area (Å²) < 4.78 is 22.1. The minimum atomic E-state index is -1.08. The molecule has 2 fully saturated rings. The smallest absolute Gasteiger partial charge is 0.341 e. The molecule has 2 saturated heterocycles. The fourth-order valence-electron chi connectivity index (χ4n) is 3.46. The predicted octanol–water partition coefficient (Wildman–Crippen LogP) is 1.62. The molecule has 1 spiro atoms. The lowest BCUT2D eigenvalue weighted by molar-refractivity contribution is -0.139. The maximum Gasteiger partial charge on any atom is 0.341 e. The number of carbonyl (C=O) groups excluding carboxylic acids is 1. The summed E-state index contributed by atoms with van der Waals surface area (Å²) in [6.07, 6.45) is 2.34. The van der Waals surface area contributed by atoms with Gasteiger partial charge >= 0.3 is 5.97 Å². The van der Waals surface area contributed by atoms with Crippen LogP contribution in [-0.2, 0) is 14.3 Å². The summed E-state index contributed by atoms with van der Waals surface area (Å²) >= 11 is 0. The standard InChI is InChI=1S/C19H25NO7/c1-2-25-16-9-13(3-4-15(16)26-11-17(21)22)18(23)20-14-5-7-27-19(10-14)6-8-24-12-19/h3-4,9,14H,2,5-8,10-12H2,1H3,(H,20,23)(H,21,22). The Morgan fingerprint density at radius 1 is 1.30 bits per heavy atom. The molecule has 1 amide bonds. The molecule has 0 radical (unpaired) electrons. The molecule has 3 rings (SSSR count). The predicted molar refractivity (Wildman–Crippen MR) is 95.3 cm³/mol. The van der Waals surface area contributed by atoms with Crippen molar-refractivity contribution in [2.24, 2.45) is 0 Å². The van der Waals surface area contributed by atoms with Crippen molar-refractivity contribution in [3.05, 3.63) is 23.8 Å². The maximum atomic E-state index is 12.7. The lowest BCUT2D eigenvalue weighted by Crippen LogP contribution is -2.49. The van der Waals surface area contributed by atoms with E-state index in [1.807, 2.05) is 0 Å². The van der Waals surface area contributed by atoms with Gasteiger partial charge in [-0.05, 0) is 38.0 Å². The van der Waals surface area contributed by atoms with E-state index in [1.165, 1.54) is 0 Å². The van der Waals surface area contributed by atoms with Gasteiger partial charge in [-0.1, -0.05) is 0 Å². The highest BCUT2D eigenvalue weighted by atomic mass is 16.6. The topological polar surface area (TPSA) is 103 Å². The first-order valence-electron chi connectivity index (χ1n) is 9.15. The zero-order valence-electron chi connectivity index (χ0n) is 15.4. The second-order valence-electron chi connectivity index (χ2n) is 6.77. The zero-order chi connectivity index (χ0) is 19.3. The van der Waals surface area contributed by atoms with Crippen LogP contribution in [0, 0.1) is 0 Å². The van der Waals surface area contributed by atoms with Gasteiger partial charge in [-0.2, -0.15) is 0 Å². The van der Waals surface area contributed by atoms with Crippen molar-refractivity contribution < 1.29 is 33.6 Å². The van der Waals surface area contributed by atoms with E-state index in [0.717, 1.165) is 19.3 Å². The first kappa shape index (κ1) is 19.4. The van der Waals surface area contributed by atoms with Gasteiger partial charge in [-0.3, -0.25) is 4.79 Å². The van der Waals surface area contributed by atoms with E-state index in [0.29, 0.717) is 43.5 Å². The van der Waals surface area contributed by atoms with Gasteiger partial charge in [-0.25, -0.2) is 4.79 Å². The number of carboxylic acid groups (broad SMARTS) is 1. The number of rotatable bonds is 7. The average molecular weight is 379 g/mol. The van der Waals surface area contributed by atoms with Crippen LogP contribution in [0.2, 0.25) is 0 Å². The Morgan fingerprint density at radius 3 is 2.85 bits per heavy atom. The molecule has 0 bridgehead atoms. The lowest BCUT2D eigenvalue weighted by Gasteiger charge is -2.37. The third kappa shape index (κ3) is 4.90. The van der Waals surface area contributed by atoms with Crippen LogP contribution in [-0.4, -0.2) is 61.7 Å². The van der Waals surface area contributed by atoms with E-state index < -0.39 is 12.6 Å². The van der Waals surface area contributed by atoms with Crippen molar-refractivity contribution in [3.8, 4) is 11.5 Å². The molecule has 2 aliphatic heterocycles. The van der Waals surface area contributed by atoms with E-state index >= 15 is 0 Å². The molecule has 1 aromatic carbocycles. The van der Waals surface area contributed by atoms with Gasteiger partial charge in [0.05, 0.1) is 18.8 Å². The first-order chi connectivity index (χ1) is 13.0. The maximum absolute atomic E-state index is 12.7. The van der Waals surface area contributed by atoms with Crippen molar-refractivity contribution in [1.82, 2.24) is 5.32 Å². The number of ether oxygens (including phenoxy) is 4. The summed E-state index contributed by atoms with van der Waals surface area (Å²) in [7, 11) is 0. The Labute approximate surface area is 157 Å². The number of hydrogen-bond donors (Lipinski definition) is 2. The molecule has 8 nitrogen and oxygen atoms in total. The Kier molecular flexibility index (Phi) is 6.18. The van der Waals surface area contributed by atoms with Crippen LogP contribution in [0.5, 0.6) is 11.5 Å². The van der Waals surface area contributed by atoms with Gasteiger partial charge < -0.3 is 29.4 Å². The van der Waals surface area contributed by atoms with E-state index in [-0.39, 0.29) is 17.6 Å². The third-order valence-corrected chi connectivity index (χ3v) is 4.75. The van der Waals surface area contributed by atoms with Gasteiger partial charge in [0.25, 0.3) is 5.91 Å². The van der Waals surface area contributed by atoms with E-state index in [1.54, 1.807) is 25.1 Å². The first-order valence-corrected chi connectivity index (χ1v) is 9.15. The summed E-state index contributed by atoms with van der Waals surface area (Å²) in [5.41, 5.74) is 0.158. The summed E-state index contributed by atoms with van der Waals surface area (Å²) in [5.74, 6) is -0.645. The van der Waals surface area contributed by atoms with E-state index in [9.17, 15) is 9.59 Å². The summed E-state index contributed by atoms with van der Waals surface area (Å²) in [4.78, 5) is 23.4. The molecule has 0 aromatic heterocycles. The number of hydrogen-bond acceptors (Lipinski definition) is 6. The molecule has 27 heavy (non-hydrogen) atoms. The monoisotopic (exact) mass is 379 g/mol. The number of carbonyl (C=O) groups is 2. The molecule has 2 heterocycles. The Balaban J connectivity index is 1.66. The summed E-state index contributed by atoms with van der Waals surface area (Å²) in [6.45, 7) is 3.56. The zero-order valence-corrected chi connectivity index (χ0v) is 15.4. The fourth-order valence-corrected chi connectivity index (χ4v) is 3.46. The molecule has 148 valence electrons. The number of nitrogens with one attached hydrogen (secondary N) is 1. The van der Waals surface area contributed by atoms with Crippen LogP contribution in [0.4, 0.5) is 0 Å². The normalized spacial score (nSPS) is 24.6. The molecule has 1 aromatic rings. The highest BCUT2D eigenvalue weighted by molar-refractivity contribution is 5.95. The lowest BCUT2D eigenvalue weighted by atomic mass is 9.89. The van der Waals surface area contributed by atoms with Gasteiger partial charge in [0.2, 0.25) is 0 Å². The Bertz CT molecular complexity index is 685. The van der Waals surface area contributed by atoms with Crippen molar-refractivity contribution in [2.75, 3.05) is 33.0 Å². The van der Waals surface area contributed by atoms with Crippen molar-refractivity contribution in [3.63, 3.8) is 0 Å². The van der Waals surface area contributed by atoms with Crippen molar-refractivity contribution in [1.29, 1.82) is 0 Å². The second kappa shape index (κ2) is 8.58. The molecule has 8 heteroatoms. The van der Waals surface area contributed by atoms with Gasteiger partial charge in [0, 0.05) is 31.2 Å². The van der Waals surface area contributed by atoms with Crippen LogP contribution in [0.3, 0.4) is 0 Å². The molecule has 2 N–H and O–H groups in total. The Morgan fingerprint density at radius 2 is 2.15 bits per heavy atom. The minimum absolute atomic E-state index is 0.0198. The highest BCUT2D eigenvalue weighted by Crippen LogP contribution is 2.33. The third-order valence-electron chi connectivity index (χ3n) is 4.75. The van der Waals surface area contributed by atoms with E-state index in [4.69, 9.17) is 24.1 Å². The highest BCUT2D eigenvalue weighted by Gasteiger charge is 2.41. The molecular weight excluding hydrogens is 354 g/mol. The van der Waals surface area contributed by atoms with Crippen LogP contribution >= 0.6 is 0 Å². The number of carboxylic acids is 1. The molecule has 0 saturated carbocycles. The largest absolute Gasteiger partial charge is 0.490 e. The number of benzene rings is 1. The Hall–Kier alpha value is -2.32. The average Bonchev–Trinajstić information content (AvgIpc) is 3.08. The number of aliphatic carboxylic acids is 1. The van der Waals surface area contributed by atoms with Crippen LogP contribution in [0.15, 0.2) is 18.2 Å². The van der Waals surface area contributed by atoms with Gasteiger partial charge in [0.1, 0.15) is 0 Å². The van der Waals surface area contributed by atoms with Crippen LogP contribution < -0.4 is 14.8 Å². The van der Waals surface area contributed by atoms with Crippen LogP contribution in [0.25, 0.3) is 0 Å². The second-order valence-corrected chi connectivity index (χ2v) is 6.77. The molecule has 2 unspecified atom stereocenters. The fraction of sp³-hybridized carbons (Fsp3) is 0.579. The SMILES string of the molecule is CCOc1cc(C(=O)NC2CCOC3(CCOC3)C2)ccc1OCC(=O)O. The van der Waals surface area contributed by atoms with Crippen molar-refractivity contribution >= 4 is 11.9 Å². The molecular formula is C19H25NO7. The van der Waals surface area contributed by atoms with Crippen molar-refractivity contribution in [2.45, 2.75) is 37.8 Å². The molecule has 2 atom stereocenters. The summed E-state index contributed by atoms with van der Waals surface area (Å²) in [5, 5.41) is 11.8. The molecule has 2 aliphatic rings. The van der Waals surface area contributed by atoms with Crippen LogP contribution in [0.1, 0.15) is 36.5 Å². The van der Waals surface area contributed by atoms with Gasteiger partial charge in [-0.15, -0.1) is 0 Å². The number of amides is 1.